The lowest BCUT2D eigenvalue weighted by Gasteiger charge is -1.92. The summed E-state index contributed by atoms with van der Waals surface area (Å²) < 4.78 is 0. The molecule has 9 heavy (non-hydrogen) atoms. The molecule has 0 aliphatic carbocycles. The predicted molar refractivity (Wildman–Crippen MR) is 41.2 cm³/mol. The Hall–Kier alpha value is -0.860. The molecule has 0 spiro atoms. The summed E-state index contributed by atoms with van der Waals surface area (Å²) in [7, 11) is 1.70. The highest BCUT2D eigenvalue weighted by Gasteiger charge is 1.79. The summed E-state index contributed by atoms with van der Waals surface area (Å²) in [6.07, 6.45) is 3.23. The molecule has 52 valence electrons. The number of nitrogens with zero attached hydrogens (tertiary/aromatic N) is 2. The average Bonchev–Trinajstić information content (AvgIpc) is 1.80. The fourth-order valence-corrected chi connectivity index (χ4v) is 0.300. The zero-order chi connectivity index (χ0) is 7.11. The molecule has 3 heteroatoms. The Kier molecular flexibility index (Phi) is 4.78. The van der Waals surface area contributed by atoms with Crippen molar-refractivity contribution in [3.63, 3.8) is 0 Å². The Morgan fingerprint density at radius 1 is 1.33 bits per heavy atom. The van der Waals surface area contributed by atoms with Crippen molar-refractivity contribution in [3.8, 4) is 0 Å². The fourth-order valence-electron chi connectivity index (χ4n) is 0.300. The van der Waals surface area contributed by atoms with Crippen LogP contribution in [0.5, 0.6) is 0 Å². The quantitative estimate of drug-likeness (QED) is 0.439. The Morgan fingerprint density at radius 3 is 2.44 bits per heavy atom. The molecule has 0 amide bonds. The molecular weight excluding hydrogens is 114 g/mol. The van der Waals surface area contributed by atoms with Crippen LogP contribution in [0.2, 0.25) is 0 Å². The van der Waals surface area contributed by atoms with E-state index in [2.05, 4.69) is 15.3 Å². The number of nitrogens with one attached hydrogen (secondary N) is 1. The highest BCUT2D eigenvalue weighted by atomic mass is 15.0. The minimum atomic E-state index is 0.350. The van der Waals surface area contributed by atoms with Crippen LogP contribution in [-0.4, -0.2) is 25.8 Å². The van der Waals surface area contributed by atoms with Crippen LogP contribution in [0.4, 0.5) is 0 Å². The van der Waals surface area contributed by atoms with E-state index < -0.39 is 0 Å². The van der Waals surface area contributed by atoms with Gasteiger partial charge in [-0.15, -0.1) is 0 Å². The molecule has 0 saturated heterocycles. The molecule has 0 aromatic heterocycles. The van der Waals surface area contributed by atoms with E-state index in [1.807, 2.05) is 13.8 Å². The zero-order valence-corrected chi connectivity index (χ0v) is 6.13. The first-order valence-corrected chi connectivity index (χ1v) is 2.95. The van der Waals surface area contributed by atoms with E-state index in [1.165, 1.54) is 0 Å². The molecule has 0 atom stereocenters. The first-order chi connectivity index (χ1) is 4.27. The van der Waals surface area contributed by atoms with Crippen LogP contribution in [0.1, 0.15) is 13.8 Å². The first-order valence-electron chi connectivity index (χ1n) is 2.95. The SMILES string of the molecule is CN=CNC=NC(C)C. The molecule has 0 aliphatic heterocycles. The van der Waals surface area contributed by atoms with Crippen LogP contribution < -0.4 is 5.32 Å². The summed E-state index contributed by atoms with van der Waals surface area (Å²) in [5.74, 6) is 0. The molecule has 0 radical (unpaired) electrons. The van der Waals surface area contributed by atoms with Crippen LogP contribution in [0.3, 0.4) is 0 Å². The van der Waals surface area contributed by atoms with Crippen LogP contribution in [0, 0.1) is 0 Å². The summed E-state index contributed by atoms with van der Waals surface area (Å²) in [4.78, 5) is 7.74. The van der Waals surface area contributed by atoms with Crippen LogP contribution in [-0.2, 0) is 0 Å². The molecule has 0 saturated carbocycles. The maximum atomic E-state index is 4.03. The molecule has 0 rings (SSSR count). The summed E-state index contributed by atoms with van der Waals surface area (Å²) in [6, 6.07) is 0.350. The van der Waals surface area contributed by atoms with E-state index in [0.29, 0.717) is 6.04 Å². The normalized spacial score (nSPS) is 12.0. The van der Waals surface area contributed by atoms with Crippen LogP contribution in [0.25, 0.3) is 0 Å². The lowest BCUT2D eigenvalue weighted by molar-refractivity contribution is 0.837. The zero-order valence-electron chi connectivity index (χ0n) is 6.13. The van der Waals surface area contributed by atoms with Gasteiger partial charge in [0.2, 0.25) is 0 Å². The van der Waals surface area contributed by atoms with Gasteiger partial charge in [-0.25, -0.2) is 0 Å². The van der Waals surface area contributed by atoms with Gasteiger partial charge in [-0.1, -0.05) is 0 Å². The number of rotatable bonds is 3. The number of hydrogen-bond acceptors (Lipinski definition) is 2. The summed E-state index contributed by atoms with van der Waals surface area (Å²) in [5, 5.41) is 2.78. The third-order valence-corrected chi connectivity index (χ3v) is 0.651. The molecule has 0 aliphatic rings. The molecule has 0 unspecified atom stereocenters. The van der Waals surface area contributed by atoms with Gasteiger partial charge in [0.05, 0.1) is 12.7 Å². The summed E-state index contributed by atoms with van der Waals surface area (Å²) in [6.45, 7) is 4.03. The minimum absolute atomic E-state index is 0.350. The van der Waals surface area contributed by atoms with Gasteiger partial charge in [0.15, 0.2) is 0 Å². The van der Waals surface area contributed by atoms with E-state index in [1.54, 1.807) is 19.7 Å². The number of aliphatic imine (C=N–C) groups is 2. The third kappa shape index (κ3) is 7.14. The molecule has 3 nitrogen and oxygen atoms in total. The topological polar surface area (TPSA) is 36.8 Å². The Labute approximate surface area is 55.9 Å². The highest BCUT2D eigenvalue weighted by molar-refractivity contribution is 5.74. The third-order valence-electron chi connectivity index (χ3n) is 0.651. The fraction of sp³-hybridized carbons (Fsp3) is 0.667. The monoisotopic (exact) mass is 127 g/mol. The lowest BCUT2D eigenvalue weighted by atomic mass is 10.4. The van der Waals surface area contributed by atoms with E-state index in [4.69, 9.17) is 0 Å². The summed E-state index contributed by atoms with van der Waals surface area (Å²) in [5.41, 5.74) is 0. The molecule has 0 aromatic rings. The molecule has 0 aromatic carbocycles. The summed E-state index contributed by atoms with van der Waals surface area (Å²) >= 11 is 0. The van der Waals surface area contributed by atoms with Gasteiger partial charge >= 0.3 is 0 Å². The Bertz CT molecular complexity index is 105. The second kappa shape index (κ2) is 5.28. The minimum Gasteiger partial charge on any atom is -0.338 e. The van der Waals surface area contributed by atoms with Gasteiger partial charge in [0.25, 0.3) is 0 Å². The van der Waals surface area contributed by atoms with Crippen molar-refractivity contribution in [2.45, 2.75) is 19.9 Å². The van der Waals surface area contributed by atoms with E-state index in [-0.39, 0.29) is 0 Å². The van der Waals surface area contributed by atoms with Gasteiger partial charge in [0, 0.05) is 13.1 Å². The van der Waals surface area contributed by atoms with Crippen molar-refractivity contribution in [1.29, 1.82) is 0 Å². The van der Waals surface area contributed by atoms with Crippen molar-refractivity contribution < 1.29 is 0 Å². The molecule has 0 fully saturated rings. The highest BCUT2D eigenvalue weighted by Crippen LogP contribution is 1.79. The van der Waals surface area contributed by atoms with Gasteiger partial charge < -0.3 is 5.32 Å². The maximum absolute atomic E-state index is 4.03. The predicted octanol–water partition coefficient (Wildman–Crippen LogP) is 0.671. The molecule has 0 bridgehead atoms. The smallest absolute Gasteiger partial charge is 0.0877 e. The average molecular weight is 127 g/mol. The second-order valence-corrected chi connectivity index (χ2v) is 1.93. The molecular formula is C6H13N3. The van der Waals surface area contributed by atoms with Gasteiger partial charge in [0.1, 0.15) is 0 Å². The molecule has 0 heterocycles. The van der Waals surface area contributed by atoms with Gasteiger partial charge in [-0.3, -0.25) is 9.98 Å². The number of hydrogen-bond donors (Lipinski definition) is 1. The standard InChI is InChI=1S/C6H13N3/c1-6(2)9-5-8-4-7-3/h4-6H,1-3H3,(H,7,8,9). The van der Waals surface area contributed by atoms with E-state index >= 15 is 0 Å². The molecule has 1 N–H and O–H groups in total. The Balaban J connectivity index is 3.25. The first kappa shape index (κ1) is 8.14. The van der Waals surface area contributed by atoms with Crippen molar-refractivity contribution >= 4 is 12.7 Å². The Morgan fingerprint density at radius 2 is 2.00 bits per heavy atom. The largest absolute Gasteiger partial charge is 0.338 e. The van der Waals surface area contributed by atoms with Crippen molar-refractivity contribution in [2.24, 2.45) is 9.98 Å². The van der Waals surface area contributed by atoms with Gasteiger partial charge in [-0.2, -0.15) is 0 Å². The van der Waals surface area contributed by atoms with Crippen LogP contribution in [0.15, 0.2) is 9.98 Å². The van der Waals surface area contributed by atoms with E-state index in [0.717, 1.165) is 0 Å². The van der Waals surface area contributed by atoms with Crippen molar-refractivity contribution in [2.75, 3.05) is 7.05 Å². The van der Waals surface area contributed by atoms with Gasteiger partial charge in [-0.05, 0) is 13.8 Å². The van der Waals surface area contributed by atoms with Crippen molar-refractivity contribution in [3.05, 3.63) is 0 Å². The van der Waals surface area contributed by atoms with E-state index in [9.17, 15) is 0 Å². The van der Waals surface area contributed by atoms with Crippen molar-refractivity contribution in [1.82, 2.24) is 5.32 Å². The van der Waals surface area contributed by atoms with Crippen LogP contribution >= 0.6 is 0 Å². The lowest BCUT2D eigenvalue weighted by Crippen LogP contribution is -2.08. The maximum Gasteiger partial charge on any atom is 0.0877 e. The second-order valence-electron chi connectivity index (χ2n) is 1.93.